The van der Waals surface area contributed by atoms with Gasteiger partial charge in [-0.05, 0) is 29.8 Å². The molecule has 0 saturated carbocycles. The van der Waals surface area contributed by atoms with Gasteiger partial charge in [-0.15, -0.1) is 0 Å². The average molecular weight is 337 g/mol. The van der Waals surface area contributed by atoms with Gasteiger partial charge in [-0.1, -0.05) is 44.2 Å². The van der Waals surface area contributed by atoms with Crippen LogP contribution in [0.3, 0.4) is 0 Å². The first-order valence-corrected chi connectivity index (χ1v) is 8.05. The second-order valence-corrected chi connectivity index (χ2v) is 6.45. The normalized spacial score (nSPS) is 17.1. The highest BCUT2D eigenvalue weighted by Crippen LogP contribution is 2.46. The maximum absolute atomic E-state index is 13.6. The third kappa shape index (κ3) is 3.05. The second kappa shape index (κ2) is 6.51. The zero-order valence-corrected chi connectivity index (χ0v) is 14.5. The maximum Gasteiger partial charge on any atom is 0.274 e. The quantitative estimate of drug-likeness (QED) is 0.683. The van der Waals surface area contributed by atoms with Gasteiger partial charge in [0.15, 0.2) is 0 Å². The van der Waals surface area contributed by atoms with E-state index in [2.05, 4.69) is 41.4 Å². The standard InChI is InChI=1S/C20H20FN3O/c1-20(2)15-9-5-7-11-17(15)24(3)18(20)12-13-22-23-19(25)14-8-4-6-10-16(14)21/h4-13H,1-3H3,(H,23,25)/b18-12-,22-13-. The van der Waals surface area contributed by atoms with E-state index in [0.717, 1.165) is 11.4 Å². The number of anilines is 1. The van der Waals surface area contributed by atoms with Crippen LogP contribution < -0.4 is 10.3 Å². The number of nitrogens with zero attached hydrogens (tertiary/aromatic N) is 2. The van der Waals surface area contributed by atoms with Crippen LogP contribution in [0.1, 0.15) is 29.8 Å². The Kier molecular flexibility index (Phi) is 4.40. The first-order valence-electron chi connectivity index (χ1n) is 8.05. The number of likely N-dealkylation sites (N-methyl/N-ethyl adjacent to an activating group) is 1. The van der Waals surface area contributed by atoms with Crippen molar-refractivity contribution < 1.29 is 9.18 Å². The van der Waals surface area contributed by atoms with E-state index in [9.17, 15) is 9.18 Å². The average Bonchev–Trinajstić information content (AvgIpc) is 2.79. The number of hydrogen-bond acceptors (Lipinski definition) is 3. The summed E-state index contributed by atoms with van der Waals surface area (Å²) >= 11 is 0. The van der Waals surface area contributed by atoms with Crippen LogP contribution in [-0.4, -0.2) is 19.2 Å². The van der Waals surface area contributed by atoms with Gasteiger partial charge in [-0.3, -0.25) is 4.79 Å². The van der Waals surface area contributed by atoms with Crippen LogP contribution in [0.5, 0.6) is 0 Å². The molecule has 0 atom stereocenters. The van der Waals surface area contributed by atoms with E-state index in [1.54, 1.807) is 6.07 Å². The lowest BCUT2D eigenvalue weighted by Gasteiger charge is -2.23. The van der Waals surface area contributed by atoms with Gasteiger partial charge in [0.1, 0.15) is 5.82 Å². The van der Waals surface area contributed by atoms with E-state index < -0.39 is 11.7 Å². The van der Waals surface area contributed by atoms with Gasteiger partial charge < -0.3 is 4.90 Å². The third-order valence-electron chi connectivity index (χ3n) is 4.53. The Balaban J connectivity index is 1.75. The van der Waals surface area contributed by atoms with Crippen LogP contribution in [0.15, 0.2) is 65.4 Å². The molecular weight excluding hydrogens is 317 g/mol. The van der Waals surface area contributed by atoms with E-state index in [1.165, 1.54) is 30.0 Å². The monoisotopic (exact) mass is 337 g/mol. The number of carbonyl (C=O) groups is 1. The molecule has 0 aliphatic carbocycles. The molecule has 4 nitrogen and oxygen atoms in total. The molecule has 0 aromatic heterocycles. The van der Waals surface area contributed by atoms with Crippen molar-refractivity contribution >= 4 is 17.8 Å². The lowest BCUT2D eigenvalue weighted by Crippen LogP contribution is -2.23. The fourth-order valence-electron chi connectivity index (χ4n) is 3.21. The van der Waals surface area contributed by atoms with Crippen molar-refractivity contribution in [1.29, 1.82) is 0 Å². The number of halogens is 1. The number of carbonyl (C=O) groups excluding carboxylic acids is 1. The molecule has 0 spiro atoms. The largest absolute Gasteiger partial charge is 0.347 e. The molecule has 1 amide bonds. The highest BCUT2D eigenvalue weighted by atomic mass is 19.1. The van der Waals surface area contributed by atoms with Gasteiger partial charge >= 0.3 is 0 Å². The molecular formula is C20H20FN3O. The Labute approximate surface area is 146 Å². The van der Waals surface area contributed by atoms with Crippen molar-refractivity contribution in [3.63, 3.8) is 0 Å². The number of hydrogen-bond donors (Lipinski definition) is 1. The van der Waals surface area contributed by atoms with Crippen LogP contribution in [0.25, 0.3) is 0 Å². The van der Waals surface area contributed by atoms with Gasteiger partial charge in [0.05, 0.1) is 5.56 Å². The van der Waals surface area contributed by atoms with Crippen molar-refractivity contribution in [3.05, 3.63) is 77.2 Å². The highest BCUT2D eigenvalue weighted by molar-refractivity contribution is 5.94. The van der Waals surface area contributed by atoms with E-state index in [0.29, 0.717) is 0 Å². The summed E-state index contributed by atoms with van der Waals surface area (Å²) in [5.41, 5.74) is 5.63. The Morgan fingerprint density at radius 1 is 1.16 bits per heavy atom. The predicted molar refractivity (Wildman–Crippen MR) is 98.3 cm³/mol. The Morgan fingerprint density at radius 2 is 1.84 bits per heavy atom. The summed E-state index contributed by atoms with van der Waals surface area (Å²) in [6.07, 6.45) is 3.39. The number of para-hydroxylation sites is 1. The third-order valence-corrected chi connectivity index (χ3v) is 4.53. The molecule has 0 bridgehead atoms. The molecule has 1 N–H and O–H groups in total. The number of benzene rings is 2. The van der Waals surface area contributed by atoms with E-state index in [-0.39, 0.29) is 11.0 Å². The fraction of sp³-hybridized carbons (Fsp3) is 0.200. The number of hydrazone groups is 1. The minimum Gasteiger partial charge on any atom is -0.347 e. The lowest BCUT2D eigenvalue weighted by atomic mass is 9.84. The Morgan fingerprint density at radius 3 is 2.56 bits per heavy atom. The summed E-state index contributed by atoms with van der Waals surface area (Å²) in [6.45, 7) is 4.29. The minimum atomic E-state index is -0.574. The number of amides is 1. The summed E-state index contributed by atoms with van der Waals surface area (Å²) in [5, 5.41) is 3.92. The van der Waals surface area contributed by atoms with E-state index in [4.69, 9.17) is 0 Å². The Bertz CT molecular complexity index is 871. The van der Waals surface area contributed by atoms with Gasteiger partial charge in [-0.25, -0.2) is 9.82 Å². The molecule has 5 heteroatoms. The molecule has 3 rings (SSSR count). The molecule has 0 radical (unpaired) electrons. The molecule has 0 fully saturated rings. The first kappa shape index (κ1) is 16.9. The van der Waals surface area contributed by atoms with E-state index in [1.807, 2.05) is 25.3 Å². The number of fused-ring (bicyclic) bond motifs is 1. The zero-order valence-electron chi connectivity index (χ0n) is 14.5. The van der Waals surface area contributed by atoms with Crippen LogP contribution in [0, 0.1) is 5.82 Å². The summed E-state index contributed by atoms with van der Waals surface area (Å²) in [7, 11) is 2.01. The lowest BCUT2D eigenvalue weighted by molar-refractivity contribution is 0.0951. The molecule has 128 valence electrons. The van der Waals surface area contributed by atoms with Gasteiger partial charge in [0, 0.05) is 30.1 Å². The minimum absolute atomic E-state index is 0.0296. The molecule has 1 aliphatic heterocycles. The number of allylic oxidation sites excluding steroid dienone is 2. The zero-order chi connectivity index (χ0) is 18.0. The summed E-state index contributed by atoms with van der Waals surface area (Å²) < 4.78 is 13.6. The highest BCUT2D eigenvalue weighted by Gasteiger charge is 2.37. The fourth-order valence-corrected chi connectivity index (χ4v) is 3.21. The molecule has 1 heterocycles. The number of nitrogens with one attached hydrogen (secondary N) is 1. The van der Waals surface area contributed by atoms with Crippen LogP contribution in [0.4, 0.5) is 10.1 Å². The van der Waals surface area contributed by atoms with Crippen LogP contribution in [-0.2, 0) is 5.41 Å². The topological polar surface area (TPSA) is 44.7 Å². The maximum atomic E-state index is 13.6. The van der Waals surface area contributed by atoms with Gasteiger partial charge in [0.25, 0.3) is 5.91 Å². The molecule has 2 aromatic carbocycles. The SMILES string of the molecule is CN1/C(=C\C=N/NC(=O)c2ccccc2F)C(C)(C)c2ccccc21. The van der Waals surface area contributed by atoms with Crippen molar-refractivity contribution in [3.8, 4) is 0 Å². The van der Waals surface area contributed by atoms with Crippen molar-refractivity contribution in [1.82, 2.24) is 5.43 Å². The molecule has 0 saturated heterocycles. The first-order chi connectivity index (χ1) is 11.9. The summed E-state index contributed by atoms with van der Waals surface area (Å²) in [4.78, 5) is 14.0. The van der Waals surface area contributed by atoms with Crippen molar-refractivity contribution in [2.45, 2.75) is 19.3 Å². The molecule has 0 unspecified atom stereocenters. The smallest absolute Gasteiger partial charge is 0.274 e. The van der Waals surface area contributed by atoms with Crippen LogP contribution in [0.2, 0.25) is 0 Å². The van der Waals surface area contributed by atoms with Crippen LogP contribution >= 0.6 is 0 Å². The molecule has 1 aliphatic rings. The second-order valence-electron chi connectivity index (χ2n) is 6.45. The number of rotatable bonds is 3. The molecule has 25 heavy (non-hydrogen) atoms. The summed E-state index contributed by atoms with van der Waals surface area (Å²) in [5.74, 6) is -1.14. The predicted octanol–water partition coefficient (Wildman–Crippen LogP) is 3.85. The molecule has 2 aromatic rings. The van der Waals surface area contributed by atoms with E-state index >= 15 is 0 Å². The van der Waals surface area contributed by atoms with Gasteiger partial charge in [-0.2, -0.15) is 5.10 Å². The van der Waals surface area contributed by atoms with Gasteiger partial charge in [0.2, 0.25) is 0 Å². The Hall–Kier alpha value is -2.95. The van der Waals surface area contributed by atoms with Crippen molar-refractivity contribution in [2.75, 3.05) is 11.9 Å². The summed E-state index contributed by atoms with van der Waals surface area (Å²) in [6, 6.07) is 14.0. The van der Waals surface area contributed by atoms with Crippen molar-refractivity contribution in [2.24, 2.45) is 5.10 Å².